The molecule has 4 N–H and O–H groups in total. The molecule has 0 bridgehead atoms. The van der Waals surface area contributed by atoms with Crippen molar-refractivity contribution in [2.45, 2.75) is 116 Å². The summed E-state index contributed by atoms with van der Waals surface area (Å²) in [5.41, 5.74) is 1.66. The molecule has 0 aromatic carbocycles. The van der Waals surface area contributed by atoms with Gasteiger partial charge in [-0.05, 0) is 12.8 Å². The van der Waals surface area contributed by atoms with E-state index in [9.17, 15) is 9.36 Å². The minimum absolute atomic E-state index is 0.0380. The summed E-state index contributed by atoms with van der Waals surface area (Å²) in [7, 11) is -3.78. The van der Waals surface area contributed by atoms with Crippen molar-refractivity contribution in [1.82, 2.24) is 5.48 Å². The highest BCUT2D eigenvalue weighted by Gasteiger charge is 2.10. The van der Waals surface area contributed by atoms with E-state index in [1.54, 1.807) is 5.48 Å². The number of hydroxylamine groups is 1. The number of amides is 1. The van der Waals surface area contributed by atoms with Crippen LogP contribution >= 0.6 is 7.60 Å². The van der Waals surface area contributed by atoms with Crippen molar-refractivity contribution in [3.63, 3.8) is 0 Å². The van der Waals surface area contributed by atoms with Crippen LogP contribution in [0.1, 0.15) is 116 Å². The zero-order chi connectivity index (χ0) is 20.2. The van der Waals surface area contributed by atoms with Crippen molar-refractivity contribution in [1.29, 1.82) is 0 Å². The number of hydrogen-bond acceptors (Lipinski definition) is 3. The number of rotatable bonds is 20. The van der Waals surface area contributed by atoms with Crippen LogP contribution in [0.15, 0.2) is 0 Å². The van der Waals surface area contributed by atoms with Gasteiger partial charge in [-0.3, -0.25) is 14.6 Å². The molecule has 0 atom stereocenters. The fraction of sp³-hybridized carbons (Fsp3) is 0.950. The molecule has 0 saturated heterocycles. The lowest BCUT2D eigenvalue weighted by Crippen LogP contribution is -2.17. The fourth-order valence-electron chi connectivity index (χ4n) is 3.31. The van der Waals surface area contributed by atoms with Gasteiger partial charge in [-0.1, -0.05) is 96.3 Å². The van der Waals surface area contributed by atoms with Gasteiger partial charge in [0.1, 0.15) is 0 Å². The van der Waals surface area contributed by atoms with Crippen molar-refractivity contribution < 1.29 is 24.4 Å². The first-order valence-corrected chi connectivity index (χ1v) is 12.7. The van der Waals surface area contributed by atoms with Gasteiger partial charge in [0.25, 0.3) is 0 Å². The van der Waals surface area contributed by atoms with E-state index in [2.05, 4.69) is 0 Å². The average Bonchev–Trinajstić information content (AvgIpc) is 2.62. The molecule has 0 aliphatic carbocycles. The van der Waals surface area contributed by atoms with E-state index in [1.165, 1.54) is 77.0 Å². The maximum Gasteiger partial charge on any atom is 0.325 e. The van der Waals surface area contributed by atoms with Gasteiger partial charge in [-0.15, -0.1) is 0 Å². The van der Waals surface area contributed by atoms with Crippen LogP contribution in [0.25, 0.3) is 0 Å². The molecule has 0 radical (unpaired) electrons. The highest BCUT2D eigenvalue weighted by Crippen LogP contribution is 2.35. The molecular weight excluding hydrogens is 365 g/mol. The van der Waals surface area contributed by atoms with Crippen molar-refractivity contribution in [2.24, 2.45) is 0 Å². The van der Waals surface area contributed by atoms with E-state index < -0.39 is 7.60 Å². The highest BCUT2D eigenvalue weighted by molar-refractivity contribution is 7.51. The molecule has 162 valence electrons. The summed E-state index contributed by atoms with van der Waals surface area (Å²) in [6.07, 6.45) is 20.4. The van der Waals surface area contributed by atoms with E-state index in [1.807, 2.05) is 0 Å². The summed E-state index contributed by atoms with van der Waals surface area (Å²) in [4.78, 5) is 28.4. The Bertz CT molecular complexity index is 387. The molecule has 0 fully saturated rings. The van der Waals surface area contributed by atoms with Gasteiger partial charge in [0.05, 0.1) is 0 Å². The fourth-order valence-corrected chi connectivity index (χ4v) is 3.95. The standard InChI is InChI=1S/C20H42NO5P/c22-20(21-23)18-16-14-12-10-8-6-4-2-1-3-5-7-9-11-13-15-17-19-27(24,25)26/h23H,1-19H2,(H,21,22)(H2,24,25,26). The van der Waals surface area contributed by atoms with E-state index in [0.717, 1.165) is 25.7 Å². The van der Waals surface area contributed by atoms with Crippen LogP contribution in [0.5, 0.6) is 0 Å². The van der Waals surface area contributed by atoms with Gasteiger partial charge < -0.3 is 9.79 Å². The van der Waals surface area contributed by atoms with Gasteiger partial charge >= 0.3 is 7.60 Å². The zero-order valence-electron chi connectivity index (χ0n) is 17.0. The summed E-state index contributed by atoms with van der Waals surface area (Å²) in [5.74, 6) is -0.284. The third kappa shape index (κ3) is 23.5. The molecular formula is C20H42NO5P. The first-order chi connectivity index (χ1) is 13.0. The monoisotopic (exact) mass is 407 g/mol. The first kappa shape index (κ1) is 26.6. The number of nitrogens with one attached hydrogen (secondary N) is 1. The third-order valence-electron chi connectivity index (χ3n) is 4.98. The maximum absolute atomic E-state index is 10.8. The maximum atomic E-state index is 10.8. The third-order valence-corrected chi connectivity index (χ3v) is 5.88. The van der Waals surface area contributed by atoms with Crippen LogP contribution in [0.4, 0.5) is 0 Å². The predicted molar refractivity (Wildman–Crippen MR) is 110 cm³/mol. The molecule has 0 aliphatic rings. The topological polar surface area (TPSA) is 107 Å². The second-order valence-corrected chi connectivity index (χ2v) is 9.46. The molecule has 0 aromatic heterocycles. The molecule has 7 heteroatoms. The molecule has 0 saturated carbocycles. The number of hydrogen-bond donors (Lipinski definition) is 4. The van der Waals surface area contributed by atoms with Crippen molar-refractivity contribution in [3.05, 3.63) is 0 Å². The van der Waals surface area contributed by atoms with Gasteiger partial charge in [0.2, 0.25) is 5.91 Å². The normalized spacial score (nSPS) is 11.7. The van der Waals surface area contributed by atoms with Crippen molar-refractivity contribution >= 4 is 13.5 Å². The van der Waals surface area contributed by atoms with Gasteiger partial charge in [0.15, 0.2) is 0 Å². The Kier molecular flexibility index (Phi) is 18.6. The second kappa shape index (κ2) is 18.9. The largest absolute Gasteiger partial charge is 0.325 e. The van der Waals surface area contributed by atoms with Crippen LogP contribution in [0.3, 0.4) is 0 Å². The van der Waals surface area contributed by atoms with E-state index >= 15 is 0 Å². The smallest absolute Gasteiger partial charge is 0.324 e. The lowest BCUT2D eigenvalue weighted by molar-refractivity contribution is -0.129. The van der Waals surface area contributed by atoms with E-state index in [-0.39, 0.29) is 12.1 Å². The van der Waals surface area contributed by atoms with E-state index in [4.69, 9.17) is 15.0 Å². The zero-order valence-corrected chi connectivity index (χ0v) is 17.9. The number of carbonyl (C=O) groups excluding carboxylic acids is 1. The summed E-state index contributed by atoms with van der Waals surface area (Å²) >= 11 is 0. The van der Waals surface area contributed by atoms with Crippen molar-refractivity contribution in [3.8, 4) is 0 Å². The number of unbranched alkanes of at least 4 members (excludes halogenated alkanes) is 16. The van der Waals surface area contributed by atoms with Crippen LogP contribution in [-0.4, -0.2) is 27.1 Å². The lowest BCUT2D eigenvalue weighted by Gasteiger charge is -2.04. The minimum atomic E-state index is -3.78. The van der Waals surface area contributed by atoms with Crippen LogP contribution < -0.4 is 5.48 Å². The predicted octanol–water partition coefficient (Wildman–Crippen LogP) is 5.69. The Morgan fingerprint density at radius 2 is 0.889 bits per heavy atom. The summed E-state index contributed by atoms with van der Waals surface area (Å²) in [6, 6.07) is 0. The highest BCUT2D eigenvalue weighted by atomic mass is 31.2. The van der Waals surface area contributed by atoms with Crippen LogP contribution in [-0.2, 0) is 9.36 Å². The Hall–Kier alpha value is -0.420. The van der Waals surface area contributed by atoms with Crippen LogP contribution in [0.2, 0.25) is 0 Å². The summed E-state index contributed by atoms with van der Waals surface area (Å²) in [5, 5.41) is 8.38. The molecule has 0 heterocycles. The van der Waals surface area contributed by atoms with Gasteiger partial charge in [0, 0.05) is 12.6 Å². The minimum Gasteiger partial charge on any atom is -0.324 e. The molecule has 0 spiro atoms. The average molecular weight is 408 g/mol. The first-order valence-electron chi connectivity index (χ1n) is 10.9. The molecule has 0 rings (SSSR count). The molecule has 1 amide bonds. The summed E-state index contributed by atoms with van der Waals surface area (Å²) in [6.45, 7) is 0. The Labute approximate surface area is 165 Å². The van der Waals surface area contributed by atoms with E-state index in [0.29, 0.717) is 12.8 Å². The molecule has 0 aliphatic heterocycles. The molecule has 0 unspecified atom stereocenters. The second-order valence-electron chi connectivity index (χ2n) is 7.68. The van der Waals surface area contributed by atoms with Gasteiger partial charge in [-0.2, -0.15) is 0 Å². The number of carbonyl (C=O) groups is 1. The van der Waals surface area contributed by atoms with Gasteiger partial charge in [-0.25, -0.2) is 5.48 Å². The van der Waals surface area contributed by atoms with Crippen molar-refractivity contribution in [2.75, 3.05) is 6.16 Å². The molecule has 27 heavy (non-hydrogen) atoms. The Balaban J connectivity index is 3.07. The molecule has 0 aromatic rings. The quantitative estimate of drug-likeness (QED) is 0.0897. The SMILES string of the molecule is O=C(CCCCCCCCCCCCCCCCCCCP(=O)(O)O)NO. The Morgan fingerprint density at radius 3 is 1.19 bits per heavy atom. The Morgan fingerprint density at radius 1 is 0.593 bits per heavy atom. The molecule has 6 nitrogen and oxygen atoms in total. The lowest BCUT2D eigenvalue weighted by atomic mass is 10.0. The summed E-state index contributed by atoms with van der Waals surface area (Å²) < 4.78 is 10.7. The van der Waals surface area contributed by atoms with Crippen LogP contribution in [0, 0.1) is 0 Å².